The fourth-order valence-electron chi connectivity index (χ4n) is 1.70. The van der Waals surface area contributed by atoms with Crippen LogP contribution in [0.1, 0.15) is 21.0 Å². The standard InChI is InChI=1S/C13H13N3O4/c1-16(8-3-5-9(20-2)6-4-8)12(17)10-11(13(18)19)15-7-14-10/h3-7H,1-2H3,(H,14,15)(H,18,19). The summed E-state index contributed by atoms with van der Waals surface area (Å²) in [5, 5.41) is 8.97. The summed E-state index contributed by atoms with van der Waals surface area (Å²) in [4.78, 5) is 30.7. The van der Waals surface area contributed by atoms with Gasteiger partial charge in [0.15, 0.2) is 11.4 Å². The molecule has 7 heteroatoms. The number of amides is 1. The highest BCUT2D eigenvalue weighted by Gasteiger charge is 2.23. The van der Waals surface area contributed by atoms with Crippen molar-refractivity contribution in [2.24, 2.45) is 0 Å². The number of imidazole rings is 1. The number of benzene rings is 1. The third-order valence-corrected chi connectivity index (χ3v) is 2.82. The topological polar surface area (TPSA) is 95.5 Å². The smallest absolute Gasteiger partial charge is 0.354 e. The van der Waals surface area contributed by atoms with E-state index in [0.29, 0.717) is 11.4 Å². The zero-order valence-electron chi connectivity index (χ0n) is 11.0. The molecule has 7 nitrogen and oxygen atoms in total. The fraction of sp³-hybridized carbons (Fsp3) is 0.154. The Labute approximate surface area is 114 Å². The second-order valence-electron chi connectivity index (χ2n) is 3.99. The van der Waals surface area contributed by atoms with E-state index in [9.17, 15) is 9.59 Å². The van der Waals surface area contributed by atoms with E-state index >= 15 is 0 Å². The van der Waals surface area contributed by atoms with E-state index in [1.54, 1.807) is 38.4 Å². The molecule has 0 saturated carbocycles. The lowest BCUT2D eigenvalue weighted by Crippen LogP contribution is -2.28. The fourth-order valence-corrected chi connectivity index (χ4v) is 1.70. The molecule has 0 aliphatic rings. The predicted molar refractivity (Wildman–Crippen MR) is 71.3 cm³/mol. The van der Waals surface area contributed by atoms with E-state index < -0.39 is 11.9 Å². The number of nitrogens with zero attached hydrogens (tertiary/aromatic N) is 2. The summed E-state index contributed by atoms with van der Waals surface area (Å²) in [7, 11) is 3.09. The lowest BCUT2D eigenvalue weighted by atomic mass is 10.2. The zero-order valence-corrected chi connectivity index (χ0v) is 11.0. The molecule has 0 spiro atoms. The highest BCUT2D eigenvalue weighted by Crippen LogP contribution is 2.20. The number of carbonyl (C=O) groups is 2. The third-order valence-electron chi connectivity index (χ3n) is 2.82. The van der Waals surface area contributed by atoms with Crippen molar-refractivity contribution in [3.8, 4) is 5.75 Å². The highest BCUT2D eigenvalue weighted by molar-refractivity contribution is 6.09. The molecule has 1 amide bonds. The van der Waals surface area contributed by atoms with E-state index in [4.69, 9.17) is 9.84 Å². The second-order valence-corrected chi connectivity index (χ2v) is 3.99. The second kappa shape index (κ2) is 5.43. The number of hydrogen-bond donors (Lipinski definition) is 2. The first kappa shape index (κ1) is 13.6. The van der Waals surface area contributed by atoms with Crippen molar-refractivity contribution >= 4 is 17.6 Å². The summed E-state index contributed by atoms with van der Waals surface area (Å²) in [5.41, 5.74) is 0.251. The number of carboxylic acids is 1. The molecule has 0 radical (unpaired) electrons. The Balaban J connectivity index is 2.27. The lowest BCUT2D eigenvalue weighted by molar-refractivity contribution is 0.0686. The molecule has 0 unspecified atom stereocenters. The molecule has 1 aromatic carbocycles. The first-order valence-electron chi connectivity index (χ1n) is 5.73. The van der Waals surface area contributed by atoms with Crippen molar-refractivity contribution in [2.75, 3.05) is 19.1 Å². The van der Waals surface area contributed by atoms with E-state index in [0.717, 1.165) is 0 Å². The van der Waals surface area contributed by atoms with Gasteiger partial charge in [0.2, 0.25) is 0 Å². The molecule has 0 aliphatic carbocycles. The number of aromatic amines is 1. The van der Waals surface area contributed by atoms with Gasteiger partial charge in [-0.15, -0.1) is 0 Å². The van der Waals surface area contributed by atoms with E-state index in [2.05, 4.69) is 9.97 Å². The van der Waals surface area contributed by atoms with Crippen LogP contribution < -0.4 is 9.64 Å². The molecule has 0 fully saturated rings. The Morgan fingerprint density at radius 2 is 1.95 bits per heavy atom. The molecule has 0 saturated heterocycles. The molecular weight excluding hydrogens is 262 g/mol. The number of ether oxygens (including phenoxy) is 1. The SMILES string of the molecule is COc1ccc(N(C)C(=O)c2nc[nH]c2C(=O)O)cc1. The number of rotatable bonds is 4. The zero-order chi connectivity index (χ0) is 14.7. The average Bonchev–Trinajstić information content (AvgIpc) is 2.95. The molecule has 0 bridgehead atoms. The minimum absolute atomic E-state index is 0.129. The number of nitrogens with one attached hydrogen (secondary N) is 1. The number of anilines is 1. The van der Waals surface area contributed by atoms with Gasteiger partial charge in [-0.3, -0.25) is 4.79 Å². The van der Waals surface area contributed by atoms with Crippen LogP contribution in [0.2, 0.25) is 0 Å². The molecule has 20 heavy (non-hydrogen) atoms. The maximum absolute atomic E-state index is 12.2. The number of carbonyl (C=O) groups excluding carboxylic acids is 1. The Kier molecular flexibility index (Phi) is 3.69. The van der Waals surface area contributed by atoms with Crippen LogP contribution in [0.25, 0.3) is 0 Å². The number of aromatic nitrogens is 2. The number of carboxylic acid groups (broad SMARTS) is 1. The average molecular weight is 275 g/mol. The quantitative estimate of drug-likeness (QED) is 0.879. The molecule has 2 aromatic rings. The summed E-state index contributed by atoms with van der Waals surface area (Å²) >= 11 is 0. The lowest BCUT2D eigenvalue weighted by Gasteiger charge is -2.16. The van der Waals surface area contributed by atoms with Crippen molar-refractivity contribution in [2.45, 2.75) is 0 Å². The summed E-state index contributed by atoms with van der Waals surface area (Å²) in [6.45, 7) is 0. The predicted octanol–water partition coefficient (Wildman–Crippen LogP) is 1.39. The van der Waals surface area contributed by atoms with Crippen LogP contribution in [0.5, 0.6) is 5.75 Å². The van der Waals surface area contributed by atoms with Crippen LogP contribution >= 0.6 is 0 Å². The van der Waals surface area contributed by atoms with Gasteiger partial charge in [-0.2, -0.15) is 0 Å². The molecular formula is C13H13N3O4. The Bertz CT molecular complexity index is 633. The van der Waals surface area contributed by atoms with Gasteiger partial charge in [0, 0.05) is 12.7 Å². The molecule has 104 valence electrons. The van der Waals surface area contributed by atoms with Gasteiger partial charge in [-0.25, -0.2) is 9.78 Å². The van der Waals surface area contributed by atoms with Crippen LogP contribution in [-0.2, 0) is 0 Å². The van der Waals surface area contributed by atoms with E-state index in [-0.39, 0.29) is 11.4 Å². The molecule has 2 rings (SSSR count). The maximum atomic E-state index is 12.2. The minimum atomic E-state index is -1.23. The number of H-pyrrole nitrogens is 1. The Morgan fingerprint density at radius 1 is 1.30 bits per heavy atom. The number of methoxy groups -OCH3 is 1. The summed E-state index contributed by atoms with van der Waals surface area (Å²) in [6.07, 6.45) is 1.18. The van der Waals surface area contributed by atoms with Crippen LogP contribution in [-0.4, -0.2) is 41.1 Å². The van der Waals surface area contributed by atoms with Crippen LogP contribution in [0.3, 0.4) is 0 Å². The largest absolute Gasteiger partial charge is 0.497 e. The van der Waals surface area contributed by atoms with Crippen molar-refractivity contribution < 1.29 is 19.4 Å². The molecule has 0 aliphatic heterocycles. The number of hydrogen-bond acceptors (Lipinski definition) is 4. The first-order chi connectivity index (χ1) is 9.54. The van der Waals surface area contributed by atoms with Gasteiger partial charge >= 0.3 is 5.97 Å². The monoisotopic (exact) mass is 275 g/mol. The number of aromatic carboxylic acids is 1. The van der Waals surface area contributed by atoms with Crippen molar-refractivity contribution in [3.05, 3.63) is 42.0 Å². The molecule has 1 heterocycles. The normalized spacial score (nSPS) is 10.1. The third kappa shape index (κ3) is 2.46. The van der Waals surface area contributed by atoms with Gasteiger partial charge in [0.25, 0.3) is 5.91 Å². The van der Waals surface area contributed by atoms with Crippen LogP contribution in [0, 0.1) is 0 Å². The van der Waals surface area contributed by atoms with Crippen molar-refractivity contribution in [1.29, 1.82) is 0 Å². The van der Waals surface area contributed by atoms with Crippen molar-refractivity contribution in [3.63, 3.8) is 0 Å². The Morgan fingerprint density at radius 3 is 2.50 bits per heavy atom. The van der Waals surface area contributed by atoms with Gasteiger partial charge in [-0.05, 0) is 24.3 Å². The van der Waals surface area contributed by atoms with E-state index in [1.165, 1.54) is 11.2 Å². The summed E-state index contributed by atoms with van der Waals surface area (Å²) < 4.78 is 5.03. The Hall–Kier alpha value is -2.83. The maximum Gasteiger partial charge on any atom is 0.354 e. The van der Waals surface area contributed by atoms with Gasteiger partial charge in [-0.1, -0.05) is 0 Å². The minimum Gasteiger partial charge on any atom is -0.497 e. The summed E-state index contributed by atoms with van der Waals surface area (Å²) in [6, 6.07) is 6.82. The molecule has 1 aromatic heterocycles. The summed E-state index contributed by atoms with van der Waals surface area (Å²) in [5.74, 6) is -1.07. The van der Waals surface area contributed by atoms with Crippen LogP contribution in [0.15, 0.2) is 30.6 Å². The molecule has 0 atom stereocenters. The van der Waals surface area contributed by atoms with Gasteiger partial charge in [0.05, 0.1) is 13.4 Å². The van der Waals surface area contributed by atoms with Crippen molar-refractivity contribution in [1.82, 2.24) is 9.97 Å². The molecule has 2 N–H and O–H groups in total. The highest BCUT2D eigenvalue weighted by atomic mass is 16.5. The van der Waals surface area contributed by atoms with Gasteiger partial charge < -0.3 is 19.7 Å². The van der Waals surface area contributed by atoms with E-state index in [1.807, 2.05) is 0 Å². The first-order valence-corrected chi connectivity index (χ1v) is 5.73. The van der Waals surface area contributed by atoms with Crippen LogP contribution in [0.4, 0.5) is 5.69 Å². The van der Waals surface area contributed by atoms with Gasteiger partial charge in [0.1, 0.15) is 5.75 Å².